The minimum Gasteiger partial charge on any atom is -0.508 e. The summed E-state index contributed by atoms with van der Waals surface area (Å²) in [6.45, 7) is 4.49. The second kappa shape index (κ2) is 10.6. The van der Waals surface area contributed by atoms with Crippen molar-refractivity contribution in [3.63, 3.8) is 0 Å². The van der Waals surface area contributed by atoms with Crippen LogP contribution < -0.4 is 10.6 Å². The SMILES string of the molecule is Cc1cc([C@H]2[C@@H](c3ccccn3)NC(=S)N2CCC(=O)Nc2ccc(F)cc2)c(C)n1-c1ccc(O)cc1. The van der Waals surface area contributed by atoms with Crippen LogP contribution >= 0.6 is 12.2 Å². The van der Waals surface area contributed by atoms with E-state index in [1.165, 1.54) is 24.3 Å². The predicted octanol–water partition coefficient (Wildman–Crippen LogP) is 5.34. The van der Waals surface area contributed by atoms with Crippen LogP contribution in [-0.4, -0.2) is 37.1 Å². The zero-order valence-electron chi connectivity index (χ0n) is 21.1. The van der Waals surface area contributed by atoms with Gasteiger partial charge in [0.05, 0.1) is 17.8 Å². The molecule has 0 spiro atoms. The molecule has 1 amide bonds. The Balaban J connectivity index is 1.46. The topological polar surface area (TPSA) is 82.4 Å². The molecule has 1 aliphatic rings. The molecule has 194 valence electrons. The van der Waals surface area contributed by atoms with Crippen LogP contribution in [0.2, 0.25) is 0 Å². The molecule has 1 aliphatic heterocycles. The lowest BCUT2D eigenvalue weighted by Gasteiger charge is -2.28. The molecule has 3 heterocycles. The van der Waals surface area contributed by atoms with Crippen molar-refractivity contribution in [2.24, 2.45) is 0 Å². The summed E-state index contributed by atoms with van der Waals surface area (Å²) in [5, 5.41) is 16.6. The summed E-state index contributed by atoms with van der Waals surface area (Å²) in [6.07, 6.45) is 1.96. The van der Waals surface area contributed by atoms with Crippen molar-refractivity contribution in [1.29, 1.82) is 0 Å². The van der Waals surface area contributed by atoms with Gasteiger partial charge in [-0.2, -0.15) is 0 Å². The van der Waals surface area contributed by atoms with E-state index in [1.807, 2.05) is 42.2 Å². The smallest absolute Gasteiger partial charge is 0.226 e. The normalized spacial score (nSPS) is 16.9. The van der Waals surface area contributed by atoms with Gasteiger partial charge in [0.15, 0.2) is 5.11 Å². The second-order valence-corrected chi connectivity index (χ2v) is 9.69. The van der Waals surface area contributed by atoms with E-state index in [-0.39, 0.29) is 36.0 Å². The number of phenols is 1. The van der Waals surface area contributed by atoms with E-state index in [2.05, 4.69) is 33.2 Å². The zero-order valence-corrected chi connectivity index (χ0v) is 21.9. The van der Waals surface area contributed by atoms with Crippen molar-refractivity contribution in [2.45, 2.75) is 32.4 Å². The minimum absolute atomic E-state index is 0.186. The number of rotatable bonds is 7. The van der Waals surface area contributed by atoms with Gasteiger partial charge in [0.25, 0.3) is 0 Å². The third-order valence-electron chi connectivity index (χ3n) is 6.80. The van der Waals surface area contributed by atoms with E-state index in [1.54, 1.807) is 18.3 Å². The third-order valence-corrected chi connectivity index (χ3v) is 7.15. The Labute approximate surface area is 225 Å². The fourth-order valence-corrected chi connectivity index (χ4v) is 5.38. The van der Waals surface area contributed by atoms with Gasteiger partial charge < -0.3 is 25.2 Å². The highest BCUT2D eigenvalue weighted by Crippen LogP contribution is 2.41. The summed E-state index contributed by atoms with van der Waals surface area (Å²) >= 11 is 5.76. The van der Waals surface area contributed by atoms with E-state index in [0.717, 1.165) is 28.3 Å². The lowest BCUT2D eigenvalue weighted by molar-refractivity contribution is -0.116. The number of aryl methyl sites for hydroxylation is 1. The molecule has 2 atom stereocenters. The van der Waals surface area contributed by atoms with E-state index < -0.39 is 0 Å². The maximum absolute atomic E-state index is 13.2. The van der Waals surface area contributed by atoms with Crippen molar-refractivity contribution in [3.05, 3.63) is 107 Å². The number of pyridine rings is 1. The number of amides is 1. The summed E-state index contributed by atoms with van der Waals surface area (Å²) in [5.41, 5.74) is 5.47. The van der Waals surface area contributed by atoms with Crippen LogP contribution in [0.15, 0.2) is 79.0 Å². The van der Waals surface area contributed by atoms with Crippen LogP contribution in [0.3, 0.4) is 0 Å². The molecule has 0 radical (unpaired) electrons. The number of benzene rings is 2. The zero-order chi connectivity index (χ0) is 26.8. The first kappa shape index (κ1) is 25.4. The Morgan fingerprint density at radius 2 is 1.84 bits per heavy atom. The van der Waals surface area contributed by atoms with E-state index in [0.29, 0.717) is 17.3 Å². The molecular weight excluding hydrogens is 501 g/mol. The molecule has 9 heteroatoms. The van der Waals surface area contributed by atoms with Gasteiger partial charge in [-0.3, -0.25) is 9.78 Å². The summed E-state index contributed by atoms with van der Waals surface area (Å²) in [6, 6.07) is 20.3. The molecule has 3 N–H and O–H groups in total. The Morgan fingerprint density at radius 3 is 2.53 bits per heavy atom. The summed E-state index contributed by atoms with van der Waals surface area (Å²) in [4.78, 5) is 19.4. The lowest BCUT2D eigenvalue weighted by Crippen LogP contribution is -2.32. The van der Waals surface area contributed by atoms with Crippen LogP contribution in [0.5, 0.6) is 5.75 Å². The Kier molecular flexibility index (Phi) is 7.11. The Bertz CT molecular complexity index is 1460. The van der Waals surface area contributed by atoms with Crippen LogP contribution in [0, 0.1) is 19.7 Å². The molecule has 7 nitrogen and oxygen atoms in total. The number of carbonyl (C=O) groups is 1. The summed E-state index contributed by atoms with van der Waals surface area (Å²) in [5.74, 6) is -0.333. The maximum Gasteiger partial charge on any atom is 0.226 e. The number of hydrogen-bond acceptors (Lipinski definition) is 4. The Hall–Kier alpha value is -4.24. The molecule has 5 rings (SSSR count). The molecule has 4 aromatic rings. The number of nitrogens with one attached hydrogen (secondary N) is 2. The monoisotopic (exact) mass is 529 g/mol. The first-order valence-electron chi connectivity index (χ1n) is 12.3. The highest BCUT2D eigenvalue weighted by Gasteiger charge is 2.41. The first-order valence-corrected chi connectivity index (χ1v) is 12.7. The molecule has 38 heavy (non-hydrogen) atoms. The van der Waals surface area contributed by atoms with Crippen molar-refractivity contribution in [3.8, 4) is 11.4 Å². The highest BCUT2D eigenvalue weighted by atomic mass is 32.1. The highest BCUT2D eigenvalue weighted by molar-refractivity contribution is 7.80. The van der Waals surface area contributed by atoms with E-state index >= 15 is 0 Å². The molecule has 0 unspecified atom stereocenters. The molecule has 1 saturated heterocycles. The van der Waals surface area contributed by atoms with Crippen LogP contribution in [0.4, 0.5) is 10.1 Å². The number of carbonyl (C=O) groups excluding carboxylic acids is 1. The number of nitrogens with zero attached hydrogens (tertiary/aromatic N) is 3. The molecule has 0 aliphatic carbocycles. The summed E-state index contributed by atoms with van der Waals surface area (Å²) in [7, 11) is 0. The molecular formula is C29H28FN5O2S. The third kappa shape index (κ3) is 5.10. The fourth-order valence-electron chi connectivity index (χ4n) is 5.05. The fraction of sp³-hybridized carbons (Fsp3) is 0.207. The van der Waals surface area contributed by atoms with Gasteiger partial charge in [-0.05, 0) is 98.4 Å². The predicted molar refractivity (Wildman–Crippen MR) is 149 cm³/mol. The van der Waals surface area contributed by atoms with Gasteiger partial charge in [0.1, 0.15) is 11.6 Å². The number of aromatic nitrogens is 2. The van der Waals surface area contributed by atoms with Gasteiger partial charge in [-0.25, -0.2) is 4.39 Å². The molecule has 2 aromatic heterocycles. The number of halogens is 1. The lowest BCUT2D eigenvalue weighted by atomic mass is 9.96. The summed E-state index contributed by atoms with van der Waals surface area (Å²) < 4.78 is 15.4. The van der Waals surface area contributed by atoms with Crippen molar-refractivity contribution >= 4 is 28.9 Å². The van der Waals surface area contributed by atoms with Crippen LogP contribution in [0.1, 0.15) is 41.1 Å². The standard InChI is InChI=1S/C29H28FN5O2S/c1-18-17-24(19(2)35(18)22-10-12-23(36)13-11-22)28-27(25-5-3-4-15-31-25)33-29(38)34(28)16-14-26(37)32-21-8-6-20(30)7-9-21/h3-13,15,17,27-28,36H,14,16H2,1-2H3,(H,32,37)(H,33,38)/t27-,28+/m1/s1. The number of hydrogen-bond donors (Lipinski definition) is 3. The van der Waals surface area contributed by atoms with Gasteiger partial charge >= 0.3 is 0 Å². The average Bonchev–Trinajstić information content (AvgIpc) is 3.39. The number of anilines is 1. The van der Waals surface area contributed by atoms with Gasteiger partial charge in [0.2, 0.25) is 5.91 Å². The van der Waals surface area contributed by atoms with Gasteiger partial charge in [-0.15, -0.1) is 0 Å². The van der Waals surface area contributed by atoms with Crippen molar-refractivity contribution in [1.82, 2.24) is 19.8 Å². The van der Waals surface area contributed by atoms with Gasteiger partial charge in [0, 0.05) is 41.9 Å². The molecule has 1 fully saturated rings. The van der Waals surface area contributed by atoms with Gasteiger partial charge in [-0.1, -0.05) is 6.07 Å². The number of phenolic OH excluding ortho intramolecular Hbond substituents is 1. The number of aromatic hydroxyl groups is 1. The van der Waals surface area contributed by atoms with Crippen LogP contribution in [0.25, 0.3) is 5.69 Å². The van der Waals surface area contributed by atoms with E-state index in [4.69, 9.17) is 12.2 Å². The average molecular weight is 530 g/mol. The largest absolute Gasteiger partial charge is 0.508 e. The van der Waals surface area contributed by atoms with Crippen molar-refractivity contribution < 1.29 is 14.3 Å². The minimum atomic E-state index is -0.357. The van der Waals surface area contributed by atoms with E-state index in [9.17, 15) is 14.3 Å². The molecule has 0 bridgehead atoms. The Morgan fingerprint density at radius 1 is 1.11 bits per heavy atom. The maximum atomic E-state index is 13.2. The van der Waals surface area contributed by atoms with Crippen molar-refractivity contribution in [2.75, 3.05) is 11.9 Å². The first-order chi connectivity index (χ1) is 18.3. The quantitative estimate of drug-likeness (QED) is 0.281. The second-order valence-electron chi connectivity index (χ2n) is 9.30. The number of thiocarbonyl (C=S) groups is 1. The molecule has 0 saturated carbocycles. The van der Waals surface area contributed by atoms with Crippen LogP contribution in [-0.2, 0) is 4.79 Å². The molecule has 2 aromatic carbocycles.